The molecule has 0 fully saturated rings. The Kier molecular flexibility index (Phi) is 3.38. The maximum absolute atomic E-state index is 13.3. The van der Waals surface area contributed by atoms with E-state index in [0.717, 1.165) is 10.0 Å². The van der Waals surface area contributed by atoms with Gasteiger partial charge in [0.2, 0.25) is 0 Å². The number of halogens is 4. The quantitative estimate of drug-likeness (QED) is 0.791. The number of H-pyrrole nitrogens is 1. The van der Waals surface area contributed by atoms with Crippen LogP contribution in [0.3, 0.4) is 0 Å². The normalized spacial score (nSPS) is 16.5. The fourth-order valence-corrected chi connectivity index (χ4v) is 2.92. The Morgan fingerprint density at radius 3 is 2.65 bits per heavy atom. The number of aromatic amines is 1. The maximum Gasteiger partial charge on any atom is 0.431 e. The monoisotopic (exact) mass is 344 g/mol. The van der Waals surface area contributed by atoms with Crippen LogP contribution in [0.15, 0.2) is 28.7 Å². The molecule has 2 aromatic rings. The summed E-state index contributed by atoms with van der Waals surface area (Å²) in [4.78, 5) is 2.52. The molecule has 2 nitrogen and oxygen atoms in total. The number of hydrogen-bond donors (Lipinski definition) is 2. The summed E-state index contributed by atoms with van der Waals surface area (Å²) in [6.45, 7) is 1.30. The van der Waals surface area contributed by atoms with Gasteiger partial charge in [-0.25, -0.2) is 0 Å². The van der Waals surface area contributed by atoms with E-state index in [-0.39, 0.29) is 5.56 Å². The first-order valence-electron chi connectivity index (χ1n) is 6.25. The molecule has 0 saturated carbocycles. The van der Waals surface area contributed by atoms with E-state index in [2.05, 4.69) is 26.2 Å². The van der Waals surface area contributed by atoms with E-state index in [1.807, 2.05) is 6.08 Å². The van der Waals surface area contributed by atoms with Crippen LogP contribution in [-0.4, -0.2) is 18.1 Å². The predicted molar refractivity (Wildman–Crippen MR) is 76.5 cm³/mol. The molecule has 0 aliphatic carbocycles. The fraction of sp³-hybridized carbons (Fsp3) is 0.286. The third-order valence-corrected chi connectivity index (χ3v) is 3.92. The van der Waals surface area contributed by atoms with Gasteiger partial charge >= 0.3 is 6.18 Å². The Morgan fingerprint density at radius 1 is 1.20 bits per heavy atom. The Balaban J connectivity index is 2.30. The molecule has 1 aliphatic heterocycles. The van der Waals surface area contributed by atoms with Crippen molar-refractivity contribution in [1.29, 1.82) is 0 Å². The van der Waals surface area contributed by atoms with E-state index in [1.165, 1.54) is 0 Å². The van der Waals surface area contributed by atoms with Gasteiger partial charge in [0.1, 0.15) is 5.69 Å². The first-order chi connectivity index (χ1) is 9.47. The second-order valence-corrected chi connectivity index (χ2v) is 5.66. The minimum atomic E-state index is -4.38. The van der Waals surface area contributed by atoms with Crippen LogP contribution >= 0.6 is 15.9 Å². The molecule has 106 valence electrons. The SMILES string of the molecule is FC(F)(F)c1[nH]c2ccc(Br)cc2c1C1=CCNCC1. The third-order valence-electron chi connectivity index (χ3n) is 3.43. The van der Waals surface area contributed by atoms with Crippen molar-refractivity contribution in [3.63, 3.8) is 0 Å². The van der Waals surface area contributed by atoms with Crippen LogP contribution in [0, 0.1) is 0 Å². The number of fused-ring (bicyclic) bond motifs is 1. The van der Waals surface area contributed by atoms with E-state index in [1.54, 1.807) is 18.2 Å². The van der Waals surface area contributed by atoms with Gasteiger partial charge in [0.15, 0.2) is 0 Å². The number of alkyl halides is 3. The first-order valence-corrected chi connectivity index (χ1v) is 7.04. The highest BCUT2D eigenvalue weighted by atomic mass is 79.9. The highest BCUT2D eigenvalue weighted by Gasteiger charge is 2.37. The van der Waals surface area contributed by atoms with Gasteiger partial charge in [-0.15, -0.1) is 0 Å². The molecule has 1 aliphatic rings. The van der Waals surface area contributed by atoms with Crippen LogP contribution in [0.25, 0.3) is 16.5 Å². The lowest BCUT2D eigenvalue weighted by Gasteiger charge is -2.16. The van der Waals surface area contributed by atoms with Gasteiger partial charge in [0.25, 0.3) is 0 Å². The number of aromatic nitrogens is 1. The zero-order chi connectivity index (χ0) is 14.3. The average molecular weight is 345 g/mol. The molecule has 2 heterocycles. The van der Waals surface area contributed by atoms with E-state index in [9.17, 15) is 13.2 Å². The summed E-state index contributed by atoms with van der Waals surface area (Å²) < 4.78 is 40.5. The number of benzene rings is 1. The predicted octanol–water partition coefficient (Wildman–Crippen LogP) is 4.33. The number of rotatable bonds is 1. The molecule has 0 bridgehead atoms. The molecule has 6 heteroatoms. The highest BCUT2D eigenvalue weighted by Crippen LogP contribution is 2.40. The van der Waals surface area contributed by atoms with Crippen LogP contribution in [0.1, 0.15) is 17.7 Å². The zero-order valence-corrected chi connectivity index (χ0v) is 12.0. The first kappa shape index (κ1) is 13.7. The number of nitrogens with one attached hydrogen (secondary N) is 2. The molecule has 0 saturated heterocycles. The molecule has 1 aromatic carbocycles. The Morgan fingerprint density at radius 2 is 2.00 bits per heavy atom. The van der Waals surface area contributed by atoms with Crippen molar-refractivity contribution < 1.29 is 13.2 Å². The van der Waals surface area contributed by atoms with Crippen LogP contribution in [-0.2, 0) is 6.18 Å². The fourth-order valence-electron chi connectivity index (χ4n) is 2.56. The summed E-state index contributed by atoms with van der Waals surface area (Å²) >= 11 is 3.32. The smallest absolute Gasteiger partial charge is 0.350 e. The highest BCUT2D eigenvalue weighted by molar-refractivity contribution is 9.10. The molecule has 0 radical (unpaired) electrons. The lowest BCUT2D eigenvalue weighted by Crippen LogP contribution is -2.21. The summed E-state index contributed by atoms with van der Waals surface area (Å²) in [6.07, 6.45) is -1.95. The molecule has 0 spiro atoms. The summed E-state index contributed by atoms with van der Waals surface area (Å²) in [7, 11) is 0. The van der Waals surface area contributed by atoms with E-state index in [4.69, 9.17) is 0 Å². The second-order valence-electron chi connectivity index (χ2n) is 4.75. The summed E-state index contributed by atoms with van der Waals surface area (Å²) in [5, 5.41) is 3.73. The van der Waals surface area contributed by atoms with Crippen molar-refractivity contribution in [3.05, 3.63) is 40.0 Å². The molecule has 2 N–H and O–H groups in total. The van der Waals surface area contributed by atoms with Gasteiger partial charge in [0, 0.05) is 27.5 Å². The van der Waals surface area contributed by atoms with Gasteiger partial charge in [-0.2, -0.15) is 13.2 Å². The topological polar surface area (TPSA) is 27.8 Å². The average Bonchev–Trinajstić information content (AvgIpc) is 2.78. The summed E-state index contributed by atoms with van der Waals surface area (Å²) in [5.41, 5.74) is 0.893. The summed E-state index contributed by atoms with van der Waals surface area (Å²) in [6, 6.07) is 5.14. The van der Waals surface area contributed by atoms with Crippen molar-refractivity contribution in [2.24, 2.45) is 0 Å². The van der Waals surface area contributed by atoms with Crippen molar-refractivity contribution in [2.45, 2.75) is 12.6 Å². The molecular formula is C14H12BrF3N2. The Bertz CT molecular complexity index is 686. The summed E-state index contributed by atoms with van der Waals surface area (Å²) in [5.74, 6) is 0. The van der Waals surface area contributed by atoms with Crippen molar-refractivity contribution in [3.8, 4) is 0 Å². The third kappa shape index (κ3) is 2.38. The van der Waals surface area contributed by atoms with E-state index in [0.29, 0.717) is 30.4 Å². The molecule has 1 aromatic heterocycles. The Labute approximate surface area is 122 Å². The molecule has 3 rings (SSSR count). The van der Waals surface area contributed by atoms with E-state index >= 15 is 0 Å². The lowest BCUT2D eigenvalue weighted by molar-refractivity contribution is -0.140. The van der Waals surface area contributed by atoms with Crippen molar-refractivity contribution >= 4 is 32.4 Å². The molecule has 0 unspecified atom stereocenters. The minimum Gasteiger partial charge on any atom is -0.350 e. The van der Waals surface area contributed by atoms with Crippen LogP contribution in [0.5, 0.6) is 0 Å². The van der Waals surface area contributed by atoms with Gasteiger partial charge in [-0.05, 0) is 36.7 Å². The molecular weight excluding hydrogens is 333 g/mol. The van der Waals surface area contributed by atoms with Crippen LogP contribution in [0.2, 0.25) is 0 Å². The van der Waals surface area contributed by atoms with Crippen LogP contribution < -0.4 is 5.32 Å². The molecule has 0 atom stereocenters. The Hall–Kier alpha value is -1.27. The number of hydrogen-bond acceptors (Lipinski definition) is 1. The largest absolute Gasteiger partial charge is 0.431 e. The van der Waals surface area contributed by atoms with E-state index < -0.39 is 11.9 Å². The van der Waals surface area contributed by atoms with Crippen LogP contribution in [0.4, 0.5) is 13.2 Å². The lowest BCUT2D eigenvalue weighted by atomic mass is 9.97. The molecule has 0 amide bonds. The molecule has 20 heavy (non-hydrogen) atoms. The minimum absolute atomic E-state index is 0.287. The zero-order valence-electron chi connectivity index (χ0n) is 10.4. The van der Waals surface area contributed by atoms with Crippen molar-refractivity contribution in [2.75, 3.05) is 13.1 Å². The van der Waals surface area contributed by atoms with Crippen molar-refractivity contribution in [1.82, 2.24) is 10.3 Å². The van der Waals surface area contributed by atoms with Gasteiger partial charge in [0.05, 0.1) is 0 Å². The van der Waals surface area contributed by atoms with Gasteiger partial charge in [-0.3, -0.25) is 0 Å². The van der Waals surface area contributed by atoms with Gasteiger partial charge < -0.3 is 10.3 Å². The maximum atomic E-state index is 13.3. The van der Waals surface area contributed by atoms with Gasteiger partial charge in [-0.1, -0.05) is 22.0 Å². The second kappa shape index (κ2) is 4.93. The standard InChI is InChI=1S/C14H12BrF3N2/c15-9-1-2-11-10(7-9)12(8-3-5-19-6-4-8)13(20-11)14(16,17)18/h1-3,7,19-20H,4-6H2.